The van der Waals surface area contributed by atoms with Crippen molar-refractivity contribution in [2.75, 3.05) is 13.1 Å². The second-order valence-electron chi connectivity index (χ2n) is 10.4. The van der Waals surface area contributed by atoms with Gasteiger partial charge in [0, 0.05) is 36.9 Å². The highest BCUT2D eigenvalue weighted by Gasteiger charge is 2.26. The first kappa shape index (κ1) is 30.0. The average molecular weight is 574 g/mol. The maximum Gasteiger partial charge on any atom is 0.238 e. The number of aromatic nitrogens is 1. The summed E-state index contributed by atoms with van der Waals surface area (Å²) in [7, 11) is -3.86. The van der Waals surface area contributed by atoms with E-state index in [4.69, 9.17) is 0 Å². The molecule has 0 spiro atoms. The predicted octanol–water partition coefficient (Wildman–Crippen LogP) is 6.16. The number of benzene rings is 3. The number of nitrogens with zero attached hydrogens (tertiary/aromatic N) is 3. The smallest absolute Gasteiger partial charge is 0.238 e. The van der Waals surface area contributed by atoms with Crippen molar-refractivity contribution in [2.45, 2.75) is 33.5 Å². The highest BCUT2D eigenvalue weighted by Crippen LogP contribution is 2.17. The molecule has 0 saturated carbocycles. The SMILES string of the molecule is CC(C)CN(CC(=O)N(Cc1ccccc1)Cc1cccn1Cc1ccc(F)cc1)S(=O)(=O)C=Cc1ccccc1. The Morgan fingerprint density at radius 1 is 0.854 bits per heavy atom. The van der Waals surface area contributed by atoms with Gasteiger partial charge in [-0.05, 0) is 52.9 Å². The van der Waals surface area contributed by atoms with Crippen molar-refractivity contribution >= 4 is 22.0 Å². The largest absolute Gasteiger partial charge is 0.345 e. The van der Waals surface area contributed by atoms with Gasteiger partial charge in [0.15, 0.2) is 0 Å². The van der Waals surface area contributed by atoms with Gasteiger partial charge in [0.25, 0.3) is 0 Å². The lowest BCUT2D eigenvalue weighted by Crippen LogP contribution is -2.43. The highest BCUT2D eigenvalue weighted by molar-refractivity contribution is 7.92. The lowest BCUT2D eigenvalue weighted by molar-refractivity contribution is -0.132. The summed E-state index contributed by atoms with van der Waals surface area (Å²) < 4.78 is 43.5. The molecular formula is C33H36FN3O3S. The van der Waals surface area contributed by atoms with Crippen LogP contribution in [0.1, 0.15) is 36.2 Å². The van der Waals surface area contributed by atoms with Gasteiger partial charge in [-0.2, -0.15) is 4.31 Å². The van der Waals surface area contributed by atoms with Crippen LogP contribution in [0.4, 0.5) is 4.39 Å². The predicted molar refractivity (Wildman–Crippen MR) is 161 cm³/mol. The van der Waals surface area contributed by atoms with Gasteiger partial charge in [-0.3, -0.25) is 4.79 Å². The second kappa shape index (κ2) is 14.1. The van der Waals surface area contributed by atoms with Gasteiger partial charge >= 0.3 is 0 Å². The molecule has 41 heavy (non-hydrogen) atoms. The molecule has 0 fully saturated rings. The summed E-state index contributed by atoms with van der Waals surface area (Å²) in [6.07, 6.45) is 3.48. The second-order valence-corrected chi connectivity index (χ2v) is 12.3. The van der Waals surface area contributed by atoms with Crippen molar-refractivity contribution in [3.05, 3.63) is 137 Å². The van der Waals surface area contributed by atoms with Crippen molar-refractivity contribution in [1.29, 1.82) is 0 Å². The summed E-state index contributed by atoms with van der Waals surface area (Å²) in [5.41, 5.74) is 3.53. The number of hydrogen-bond donors (Lipinski definition) is 0. The van der Waals surface area contributed by atoms with Crippen LogP contribution < -0.4 is 0 Å². The van der Waals surface area contributed by atoms with Gasteiger partial charge in [0.2, 0.25) is 15.9 Å². The van der Waals surface area contributed by atoms with Crippen LogP contribution >= 0.6 is 0 Å². The van der Waals surface area contributed by atoms with Crippen molar-refractivity contribution < 1.29 is 17.6 Å². The average Bonchev–Trinajstić information content (AvgIpc) is 3.39. The standard InChI is InChI=1S/C33H36FN3O3S/c1-27(2)22-37(41(39,40)21-19-28-10-5-3-6-11-28)26-33(38)36(24-29-12-7-4-8-13-29)25-32-14-9-20-35(32)23-30-15-17-31(34)18-16-30/h3-21,27H,22-26H2,1-2H3. The summed E-state index contributed by atoms with van der Waals surface area (Å²) in [5, 5.41) is 1.17. The Balaban J connectivity index is 1.57. The summed E-state index contributed by atoms with van der Waals surface area (Å²) >= 11 is 0. The lowest BCUT2D eigenvalue weighted by atomic mass is 10.2. The van der Waals surface area contributed by atoms with Crippen LogP contribution in [0.15, 0.2) is 109 Å². The number of hydrogen-bond acceptors (Lipinski definition) is 3. The molecule has 4 aromatic rings. The molecule has 0 aliphatic carbocycles. The van der Waals surface area contributed by atoms with E-state index in [1.54, 1.807) is 23.1 Å². The van der Waals surface area contributed by atoms with E-state index in [1.165, 1.54) is 21.8 Å². The lowest BCUT2D eigenvalue weighted by Gasteiger charge is -2.28. The number of rotatable bonds is 13. The molecular weight excluding hydrogens is 537 g/mol. The monoisotopic (exact) mass is 573 g/mol. The fourth-order valence-corrected chi connectivity index (χ4v) is 5.79. The molecule has 0 unspecified atom stereocenters. The number of sulfonamides is 1. The topological polar surface area (TPSA) is 62.6 Å². The Morgan fingerprint density at radius 2 is 1.51 bits per heavy atom. The Kier molecular flexibility index (Phi) is 10.3. The van der Waals surface area contributed by atoms with E-state index in [1.807, 2.05) is 97.4 Å². The number of carbonyl (C=O) groups excluding carboxylic acids is 1. The zero-order chi connectivity index (χ0) is 29.2. The Morgan fingerprint density at radius 3 is 2.17 bits per heavy atom. The van der Waals surface area contributed by atoms with Crippen molar-refractivity contribution in [3.8, 4) is 0 Å². The Hall–Kier alpha value is -4.01. The molecule has 6 nitrogen and oxygen atoms in total. The third-order valence-electron chi connectivity index (χ3n) is 6.58. The summed E-state index contributed by atoms with van der Waals surface area (Å²) in [5.74, 6) is -0.556. The van der Waals surface area contributed by atoms with E-state index in [9.17, 15) is 17.6 Å². The molecule has 214 valence electrons. The first-order chi connectivity index (χ1) is 19.7. The van der Waals surface area contributed by atoms with E-state index >= 15 is 0 Å². The van der Waals surface area contributed by atoms with Crippen LogP contribution in [0.2, 0.25) is 0 Å². The van der Waals surface area contributed by atoms with E-state index in [0.717, 1.165) is 22.4 Å². The third kappa shape index (κ3) is 8.99. The Bertz CT molecular complexity index is 1530. The first-order valence-corrected chi connectivity index (χ1v) is 15.1. The minimum atomic E-state index is -3.86. The van der Waals surface area contributed by atoms with Gasteiger partial charge in [-0.25, -0.2) is 12.8 Å². The molecule has 0 bridgehead atoms. The van der Waals surface area contributed by atoms with E-state index in [2.05, 4.69) is 0 Å². The molecule has 0 saturated heterocycles. The maximum atomic E-state index is 13.8. The molecule has 1 aromatic heterocycles. The van der Waals surface area contributed by atoms with Gasteiger partial charge in [-0.15, -0.1) is 0 Å². The van der Waals surface area contributed by atoms with Gasteiger partial charge in [0.05, 0.1) is 13.1 Å². The first-order valence-electron chi connectivity index (χ1n) is 13.6. The fraction of sp³-hybridized carbons (Fsp3) is 0.242. The Labute approximate surface area is 242 Å². The number of amides is 1. The molecule has 3 aromatic carbocycles. The van der Waals surface area contributed by atoms with Crippen molar-refractivity contribution in [1.82, 2.24) is 13.8 Å². The summed E-state index contributed by atoms with van der Waals surface area (Å²) in [6, 6.07) is 29.0. The van der Waals surface area contributed by atoms with Crippen LogP contribution in [-0.4, -0.2) is 41.2 Å². The molecule has 8 heteroatoms. The molecule has 0 radical (unpaired) electrons. The van der Waals surface area contributed by atoms with Crippen LogP contribution in [0.3, 0.4) is 0 Å². The molecule has 1 heterocycles. The van der Waals surface area contributed by atoms with Gasteiger partial charge in [-0.1, -0.05) is 86.6 Å². The fourth-order valence-electron chi connectivity index (χ4n) is 4.50. The zero-order valence-corrected chi connectivity index (χ0v) is 24.3. The molecule has 0 aliphatic rings. The van der Waals surface area contributed by atoms with Gasteiger partial charge < -0.3 is 9.47 Å². The molecule has 0 atom stereocenters. The quantitative estimate of drug-likeness (QED) is 0.192. The molecule has 1 amide bonds. The number of halogens is 1. The van der Waals surface area contributed by atoms with Crippen LogP contribution in [0.5, 0.6) is 0 Å². The van der Waals surface area contributed by atoms with Crippen LogP contribution in [-0.2, 0) is 34.5 Å². The van der Waals surface area contributed by atoms with Crippen molar-refractivity contribution in [2.24, 2.45) is 5.92 Å². The van der Waals surface area contributed by atoms with Crippen LogP contribution in [0, 0.1) is 11.7 Å². The molecule has 4 rings (SSSR count). The third-order valence-corrected chi connectivity index (χ3v) is 8.06. The highest BCUT2D eigenvalue weighted by atomic mass is 32.2. The van der Waals surface area contributed by atoms with E-state index < -0.39 is 10.0 Å². The molecule has 0 aliphatic heterocycles. The van der Waals surface area contributed by atoms with Crippen LogP contribution in [0.25, 0.3) is 6.08 Å². The van der Waals surface area contributed by atoms with E-state index in [0.29, 0.717) is 13.1 Å². The maximum absolute atomic E-state index is 13.8. The minimum absolute atomic E-state index is 0.0261. The summed E-state index contributed by atoms with van der Waals surface area (Å²) in [4.78, 5) is 15.5. The van der Waals surface area contributed by atoms with Gasteiger partial charge in [0.1, 0.15) is 5.82 Å². The molecule has 0 N–H and O–H groups in total. The summed E-state index contributed by atoms with van der Waals surface area (Å²) in [6.45, 7) is 4.94. The minimum Gasteiger partial charge on any atom is -0.345 e. The van der Waals surface area contributed by atoms with E-state index in [-0.39, 0.29) is 37.3 Å². The zero-order valence-electron chi connectivity index (χ0n) is 23.4. The number of carbonyl (C=O) groups is 1. The normalized spacial score (nSPS) is 11.9. The van der Waals surface area contributed by atoms with Crippen molar-refractivity contribution in [3.63, 3.8) is 0 Å².